The second kappa shape index (κ2) is 3.81. The van der Waals surface area contributed by atoms with Crippen molar-refractivity contribution in [3.05, 3.63) is 23.8 Å². The highest BCUT2D eigenvalue weighted by molar-refractivity contribution is 5.75. The number of nitrogens with two attached hydrogens (primary N) is 1. The fourth-order valence-corrected chi connectivity index (χ4v) is 1.99. The third-order valence-electron chi connectivity index (χ3n) is 2.65. The average molecular weight is 206 g/mol. The monoisotopic (exact) mass is 206 g/mol. The fourth-order valence-electron chi connectivity index (χ4n) is 1.99. The summed E-state index contributed by atoms with van der Waals surface area (Å²) in [6, 6.07) is 5.71. The van der Waals surface area contributed by atoms with Crippen molar-refractivity contribution in [3.63, 3.8) is 0 Å². The second-order valence-corrected chi connectivity index (χ2v) is 3.81. The lowest BCUT2D eigenvalue weighted by Gasteiger charge is -2.30. The minimum Gasteiger partial charge on any atom is -0.480 e. The Balaban J connectivity index is 2.32. The maximum atomic E-state index is 10.7. The van der Waals surface area contributed by atoms with Crippen LogP contribution >= 0.6 is 0 Å². The highest BCUT2D eigenvalue weighted by Gasteiger charge is 2.18. The van der Waals surface area contributed by atoms with Crippen LogP contribution < -0.4 is 10.6 Å². The van der Waals surface area contributed by atoms with E-state index in [0.717, 1.165) is 25.1 Å². The molecule has 1 aromatic carbocycles. The van der Waals surface area contributed by atoms with E-state index in [4.69, 9.17) is 10.8 Å². The van der Waals surface area contributed by atoms with Crippen LogP contribution in [0, 0.1) is 0 Å². The van der Waals surface area contributed by atoms with Gasteiger partial charge in [0.05, 0.1) is 0 Å². The normalized spacial score (nSPS) is 14.8. The van der Waals surface area contributed by atoms with E-state index in [1.165, 1.54) is 5.56 Å². The van der Waals surface area contributed by atoms with Crippen molar-refractivity contribution in [2.45, 2.75) is 12.8 Å². The van der Waals surface area contributed by atoms with Crippen LogP contribution in [0.1, 0.15) is 12.0 Å². The Morgan fingerprint density at radius 2 is 2.33 bits per heavy atom. The standard InChI is InChI=1S/C11H14N2O2/c12-9-4-3-8-2-1-5-13(7-11(14)15)10(8)6-9/h3-4,6H,1-2,5,7,12H2,(H,14,15). The minimum atomic E-state index is -0.801. The van der Waals surface area contributed by atoms with Gasteiger partial charge in [-0.25, -0.2) is 0 Å². The Labute approximate surface area is 88.3 Å². The van der Waals surface area contributed by atoms with E-state index < -0.39 is 5.97 Å². The molecule has 1 aliphatic rings. The summed E-state index contributed by atoms with van der Waals surface area (Å²) < 4.78 is 0. The zero-order chi connectivity index (χ0) is 10.8. The minimum absolute atomic E-state index is 0.0520. The number of fused-ring (bicyclic) bond motifs is 1. The third kappa shape index (κ3) is 2.03. The van der Waals surface area contributed by atoms with Crippen molar-refractivity contribution < 1.29 is 9.90 Å². The predicted molar refractivity (Wildman–Crippen MR) is 59.0 cm³/mol. The Morgan fingerprint density at radius 1 is 1.53 bits per heavy atom. The molecule has 15 heavy (non-hydrogen) atoms. The van der Waals surface area contributed by atoms with Crippen LogP contribution in [0.3, 0.4) is 0 Å². The molecule has 1 aromatic rings. The molecule has 80 valence electrons. The molecule has 1 aliphatic heterocycles. The van der Waals surface area contributed by atoms with Gasteiger partial charge in [-0.3, -0.25) is 4.79 Å². The number of nitrogen functional groups attached to an aromatic ring is 1. The number of anilines is 2. The summed E-state index contributed by atoms with van der Waals surface area (Å²) in [4.78, 5) is 12.6. The molecule has 0 aromatic heterocycles. The van der Waals surface area contributed by atoms with Crippen LogP contribution in [0.4, 0.5) is 11.4 Å². The molecule has 0 bridgehead atoms. The van der Waals surface area contributed by atoms with Gasteiger partial charge in [-0.1, -0.05) is 6.07 Å². The van der Waals surface area contributed by atoms with E-state index in [2.05, 4.69) is 0 Å². The van der Waals surface area contributed by atoms with Gasteiger partial charge in [0.1, 0.15) is 6.54 Å². The molecule has 0 spiro atoms. The number of nitrogens with zero attached hydrogens (tertiary/aromatic N) is 1. The van der Waals surface area contributed by atoms with Crippen molar-refractivity contribution in [2.24, 2.45) is 0 Å². The number of hydrogen-bond donors (Lipinski definition) is 2. The first-order valence-corrected chi connectivity index (χ1v) is 5.02. The Morgan fingerprint density at radius 3 is 3.07 bits per heavy atom. The van der Waals surface area contributed by atoms with E-state index in [-0.39, 0.29) is 6.54 Å². The largest absolute Gasteiger partial charge is 0.480 e. The molecule has 3 N–H and O–H groups in total. The van der Waals surface area contributed by atoms with Gasteiger partial charge in [-0.2, -0.15) is 0 Å². The molecule has 0 unspecified atom stereocenters. The third-order valence-corrected chi connectivity index (χ3v) is 2.65. The molecule has 0 saturated carbocycles. The molecule has 0 saturated heterocycles. The lowest BCUT2D eigenvalue weighted by molar-refractivity contribution is -0.135. The first kappa shape index (κ1) is 9.83. The molecule has 0 fully saturated rings. The summed E-state index contributed by atoms with van der Waals surface area (Å²) in [5, 5.41) is 8.79. The molecule has 2 rings (SSSR count). The molecule has 0 atom stereocenters. The first-order valence-electron chi connectivity index (χ1n) is 5.02. The zero-order valence-corrected chi connectivity index (χ0v) is 8.44. The summed E-state index contributed by atoms with van der Waals surface area (Å²) >= 11 is 0. The van der Waals surface area contributed by atoms with Gasteiger partial charge in [0.25, 0.3) is 0 Å². The van der Waals surface area contributed by atoms with Crippen LogP contribution in [0.2, 0.25) is 0 Å². The van der Waals surface area contributed by atoms with E-state index in [1.807, 2.05) is 23.1 Å². The lowest BCUT2D eigenvalue weighted by atomic mass is 10.0. The molecule has 1 heterocycles. The van der Waals surface area contributed by atoms with Gasteiger partial charge in [0.2, 0.25) is 0 Å². The second-order valence-electron chi connectivity index (χ2n) is 3.81. The Kier molecular flexibility index (Phi) is 2.49. The zero-order valence-electron chi connectivity index (χ0n) is 8.44. The summed E-state index contributed by atoms with van der Waals surface area (Å²) in [6.07, 6.45) is 2.01. The highest BCUT2D eigenvalue weighted by atomic mass is 16.4. The summed E-state index contributed by atoms with van der Waals surface area (Å²) in [5.41, 5.74) is 8.55. The summed E-state index contributed by atoms with van der Waals surface area (Å²) in [7, 11) is 0. The average Bonchev–Trinajstić information content (AvgIpc) is 2.18. The number of carboxylic acid groups (broad SMARTS) is 1. The Hall–Kier alpha value is -1.71. The SMILES string of the molecule is Nc1ccc2c(c1)N(CC(=O)O)CCC2. The molecule has 0 amide bonds. The van der Waals surface area contributed by atoms with E-state index >= 15 is 0 Å². The van der Waals surface area contributed by atoms with Crippen molar-refractivity contribution in [1.82, 2.24) is 0 Å². The van der Waals surface area contributed by atoms with Crippen LogP contribution in [-0.2, 0) is 11.2 Å². The van der Waals surface area contributed by atoms with Crippen molar-refractivity contribution in [1.29, 1.82) is 0 Å². The summed E-state index contributed by atoms with van der Waals surface area (Å²) in [5.74, 6) is -0.801. The van der Waals surface area contributed by atoms with Crippen molar-refractivity contribution in [3.8, 4) is 0 Å². The molecular weight excluding hydrogens is 192 g/mol. The maximum Gasteiger partial charge on any atom is 0.323 e. The lowest BCUT2D eigenvalue weighted by Crippen LogP contribution is -2.34. The van der Waals surface area contributed by atoms with Gasteiger partial charge in [-0.05, 0) is 30.5 Å². The molecule has 0 aliphatic carbocycles. The molecule has 4 nitrogen and oxygen atoms in total. The van der Waals surface area contributed by atoms with Gasteiger partial charge >= 0.3 is 5.97 Å². The topological polar surface area (TPSA) is 66.6 Å². The number of carbonyl (C=O) groups is 1. The fraction of sp³-hybridized carbons (Fsp3) is 0.364. The van der Waals surface area contributed by atoms with E-state index in [9.17, 15) is 4.79 Å². The van der Waals surface area contributed by atoms with Crippen molar-refractivity contribution in [2.75, 3.05) is 23.7 Å². The predicted octanol–water partition coefficient (Wildman–Crippen LogP) is 1.11. The smallest absolute Gasteiger partial charge is 0.323 e. The van der Waals surface area contributed by atoms with Crippen molar-refractivity contribution >= 4 is 17.3 Å². The number of aliphatic carboxylic acids is 1. The number of carboxylic acids is 1. The molecule has 4 heteroatoms. The number of hydrogen-bond acceptors (Lipinski definition) is 3. The highest BCUT2D eigenvalue weighted by Crippen LogP contribution is 2.28. The molecule has 0 radical (unpaired) electrons. The van der Waals surface area contributed by atoms with E-state index in [0.29, 0.717) is 5.69 Å². The first-order chi connectivity index (χ1) is 7.16. The quantitative estimate of drug-likeness (QED) is 0.711. The number of benzene rings is 1. The summed E-state index contributed by atoms with van der Waals surface area (Å²) in [6.45, 7) is 0.846. The van der Waals surface area contributed by atoms with Gasteiger partial charge in [-0.15, -0.1) is 0 Å². The van der Waals surface area contributed by atoms with Crippen LogP contribution in [-0.4, -0.2) is 24.2 Å². The van der Waals surface area contributed by atoms with Gasteiger partial charge in [0.15, 0.2) is 0 Å². The van der Waals surface area contributed by atoms with Crippen LogP contribution in [0.15, 0.2) is 18.2 Å². The Bertz CT molecular complexity index is 390. The van der Waals surface area contributed by atoms with E-state index in [1.54, 1.807) is 0 Å². The van der Waals surface area contributed by atoms with Gasteiger partial charge in [0, 0.05) is 17.9 Å². The maximum absolute atomic E-state index is 10.7. The number of rotatable bonds is 2. The van der Waals surface area contributed by atoms with Crippen LogP contribution in [0.25, 0.3) is 0 Å². The van der Waals surface area contributed by atoms with Gasteiger partial charge < -0.3 is 15.7 Å². The molecular formula is C11H14N2O2. The number of aryl methyl sites for hydroxylation is 1. The van der Waals surface area contributed by atoms with Crippen LogP contribution in [0.5, 0.6) is 0 Å².